The molecule has 2 atom stereocenters. The predicted octanol–water partition coefficient (Wildman–Crippen LogP) is 6.93. The smallest absolute Gasteiger partial charge is 0.251 e. The summed E-state index contributed by atoms with van der Waals surface area (Å²) in [5, 5.41) is 4.76. The number of alkyl halides is 3. The van der Waals surface area contributed by atoms with Gasteiger partial charge in [0.05, 0.1) is 20.7 Å². The molecule has 4 rings (SSSR count). The van der Waals surface area contributed by atoms with Crippen molar-refractivity contribution in [2.45, 2.75) is 18.3 Å². The minimum atomic E-state index is -4.51. The Morgan fingerprint density at radius 2 is 1.87 bits per heavy atom. The standard InChI is InChI=1S/C20H16F3N3OS3/c1-12(13-7-8-18(24-9-13)20(21,22)23)30(2,27)26-19-25-16(11-29-19)15-10-28-17-6-4-3-5-14(15)17/h3-12H,1-2H3. The van der Waals surface area contributed by atoms with Gasteiger partial charge in [-0.25, -0.2) is 9.19 Å². The van der Waals surface area contributed by atoms with Crippen LogP contribution in [0.3, 0.4) is 0 Å². The topological polar surface area (TPSA) is 55.2 Å². The molecule has 0 N–H and O–H groups in total. The molecular weight excluding hydrogens is 451 g/mol. The average Bonchev–Trinajstić information content (AvgIpc) is 3.33. The first-order chi connectivity index (χ1) is 14.1. The zero-order valence-corrected chi connectivity index (χ0v) is 18.3. The molecule has 0 spiro atoms. The molecule has 10 heteroatoms. The van der Waals surface area contributed by atoms with Gasteiger partial charge < -0.3 is 0 Å². The first kappa shape index (κ1) is 21.0. The highest BCUT2D eigenvalue weighted by molar-refractivity contribution is 7.93. The van der Waals surface area contributed by atoms with Gasteiger partial charge >= 0.3 is 6.18 Å². The summed E-state index contributed by atoms with van der Waals surface area (Å²) in [6.45, 7) is 1.66. The summed E-state index contributed by atoms with van der Waals surface area (Å²) in [7, 11) is -2.81. The Labute approximate surface area is 179 Å². The van der Waals surface area contributed by atoms with Gasteiger partial charge in [-0.15, -0.1) is 22.7 Å². The van der Waals surface area contributed by atoms with Crippen LogP contribution in [0.4, 0.5) is 18.3 Å². The Bertz CT molecular complexity index is 1320. The molecule has 0 saturated carbocycles. The van der Waals surface area contributed by atoms with Gasteiger partial charge in [-0.1, -0.05) is 24.3 Å². The summed E-state index contributed by atoms with van der Waals surface area (Å²) in [5.41, 5.74) is 1.21. The summed E-state index contributed by atoms with van der Waals surface area (Å²) in [4.78, 5) is 7.98. The van der Waals surface area contributed by atoms with Crippen LogP contribution < -0.4 is 0 Å². The Balaban J connectivity index is 1.63. The van der Waals surface area contributed by atoms with E-state index in [4.69, 9.17) is 0 Å². The second-order valence-corrected chi connectivity index (χ2v) is 11.1. The zero-order valence-electron chi connectivity index (χ0n) is 15.9. The van der Waals surface area contributed by atoms with E-state index in [9.17, 15) is 17.4 Å². The maximum absolute atomic E-state index is 13.2. The highest BCUT2D eigenvalue weighted by atomic mass is 32.2. The lowest BCUT2D eigenvalue weighted by molar-refractivity contribution is -0.141. The summed E-state index contributed by atoms with van der Waals surface area (Å²) < 4.78 is 56.8. The van der Waals surface area contributed by atoms with Crippen molar-refractivity contribution in [1.29, 1.82) is 0 Å². The van der Waals surface area contributed by atoms with Crippen LogP contribution in [0.2, 0.25) is 0 Å². The first-order valence-corrected chi connectivity index (χ1v) is 12.6. The third-order valence-corrected chi connectivity index (χ3v) is 8.64. The Morgan fingerprint density at radius 3 is 2.57 bits per heavy atom. The van der Waals surface area contributed by atoms with Crippen LogP contribution in [-0.4, -0.2) is 20.4 Å². The Morgan fingerprint density at radius 1 is 1.10 bits per heavy atom. The molecule has 4 nitrogen and oxygen atoms in total. The molecule has 0 bridgehead atoms. The number of nitrogens with zero attached hydrogens (tertiary/aromatic N) is 3. The fourth-order valence-corrected chi connectivity index (χ4v) is 6.18. The number of aromatic nitrogens is 2. The van der Waals surface area contributed by atoms with Gasteiger partial charge in [-0.05, 0) is 24.6 Å². The van der Waals surface area contributed by atoms with Crippen molar-refractivity contribution >= 4 is 47.6 Å². The zero-order chi connectivity index (χ0) is 21.5. The number of hydrogen-bond acceptors (Lipinski definition) is 6. The molecule has 1 aromatic carbocycles. The number of fused-ring (bicyclic) bond motifs is 1. The summed E-state index contributed by atoms with van der Waals surface area (Å²) in [6, 6.07) is 10.2. The molecule has 0 aliphatic heterocycles. The van der Waals surface area contributed by atoms with Gasteiger partial charge in [0.15, 0.2) is 0 Å². The van der Waals surface area contributed by atoms with Gasteiger partial charge in [0, 0.05) is 38.9 Å². The summed E-state index contributed by atoms with van der Waals surface area (Å²) >= 11 is 2.91. The van der Waals surface area contributed by atoms with E-state index in [1.165, 1.54) is 23.7 Å². The van der Waals surface area contributed by atoms with E-state index in [0.717, 1.165) is 33.6 Å². The monoisotopic (exact) mass is 467 g/mol. The average molecular weight is 468 g/mol. The number of thiazole rings is 1. The molecule has 2 unspecified atom stereocenters. The largest absolute Gasteiger partial charge is 0.433 e. The van der Waals surface area contributed by atoms with Crippen molar-refractivity contribution in [3.63, 3.8) is 0 Å². The molecule has 156 valence electrons. The van der Waals surface area contributed by atoms with Crippen molar-refractivity contribution in [3.05, 3.63) is 64.6 Å². The van der Waals surface area contributed by atoms with Crippen LogP contribution >= 0.6 is 22.7 Å². The van der Waals surface area contributed by atoms with Gasteiger partial charge in [-0.2, -0.15) is 17.5 Å². The SMILES string of the molecule is CC(c1ccc(C(F)(F)F)nc1)S(C)(=O)=Nc1nc(-c2csc3ccccc23)cs1. The van der Waals surface area contributed by atoms with Crippen molar-refractivity contribution in [1.82, 2.24) is 9.97 Å². The molecule has 4 aromatic rings. The number of pyridine rings is 1. The number of halogens is 3. The lowest BCUT2D eigenvalue weighted by atomic mass is 10.1. The van der Waals surface area contributed by atoms with Crippen LogP contribution in [0.1, 0.15) is 23.4 Å². The van der Waals surface area contributed by atoms with Crippen molar-refractivity contribution < 1.29 is 17.4 Å². The van der Waals surface area contributed by atoms with Gasteiger partial charge in [0.25, 0.3) is 0 Å². The lowest BCUT2D eigenvalue weighted by Crippen LogP contribution is -2.11. The van der Waals surface area contributed by atoms with Gasteiger partial charge in [0.1, 0.15) is 5.69 Å². The fraction of sp³-hybridized carbons (Fsp3) is 0.200. The quantitative estimate of drug-likeness (QED) is 0.327. The molecule has 0 fully saturated rings. The van der Waals surface area contributed by atoms with Crippen LogP contribution in [0.15, 0.2) is 57.7 Å². The molecule has 0 radical (unpaired) electrons. The Hall–Kier alpha value is -2.30. The van der Waals surface area contributed by atoms with E-state index in [2.05, 4.69) is 14.3 Å². The Kier molecular flexibility index (Phi) is 5.41. The molecule has 3 aromatic heterocycles. The van der Waals surface area contributed by atoms with Crippen molar-refractivity contribution in [2.75, 3.05) is 6.26 Å². The third kappa shape index (κ3) is 4.12. The number of hydrogen-bond donors (Lipinski definition) is 0. The molecule has 0 saturated heterocycles. The highest BCUT2D eigenvalue weighted by Crippen LogP contribution is 2.37. The molecule has 30 heavy (non-hydrogen) atoms. The highest BCUT2D eigenvalue weighted by Gasteiger charge is 2.32. The number of thiophene rings is 1. The normalized spacial score (nSPS) is 15.1. The molecule has 0 aliphatic rings. The van der Waals surface area contributed by atoms with Gasteiger partial charge in [-0.3, -0.25) is 4.98 Å². The van der Waals surface area contributed by atoms with E-state index >= 15 is 0 Å². The summed E-state index contributed by atoms with van der Waals surface area (Å²) in [5.74, 6) is 0. The van der Waals surface area contributed by atoms with Crippen LogP contribution in [0.25, 0.3) is 21.3 Å². The lowest BCUT2D eigenvalue weighted by Gasteiger charge is -2.14. The van der Waals surface area contributed by atoms with Crippen LogP contribution in [0.5, 0.6) is 0 Å². The van der Waals surface area contributed by atoms with Gasteiger partial charge in [0.2, 0.25) is 5.13 Å². The molecular formula is C20H16F3N3OS3. The van der Waals surface area contributed by atoms with Crippen molar-refractivity contribution in [2.24, 2.45) is 4.36 Å². The molecule has 0 aliphatic carbocycles. The van der Waals surface area contributed by atoms with Crippen LogP contribution in [-0.2, 0) is 15.9 Å². The predicted molar refractivity (Wildman–Crippen MR) is 117 cm³/mol. The minimum absolute atomic E-state index is 0.375. The molecule has 0 amide bonds. The van der Waals surface area contributed by atoms with E-state index in [1.54, 1.807) is 18.3 Å². The number of rotatable bonds is 4. The van der Waals surface area contributed by atoms with E-state index in [-0.39, 0.29) is 0 Å². The molecule has 3 heterocycles. The maximum Gasteiger partial charge on any atom is 0.433 e. The maximum atomic E-state index is 13.2. The van der Waals surface area contributed by atoms with Crippen LogP contribution in [0, 0.1) is 0 Å². The van der Waals surface area contributed by atoms with E-state index in [0.29, 0.717) is 10.7 Å². The third-order valence-electron chi connectivity index (χ3n) is 4.71. The first-order valence-electron chi connectivity index (χ1n) is 8.81. The van der Waals surface area contributed by atoms with E-state index < -0.39 is 26.8 Å². The second-order valence-electron chi connectivity index (χ2n) is 6.73. The summed E-state index contributed by atoms with van der Waals surface area (Å²) in [6.07, 6.45) is -1.92. The number of benzene rings is 1. The second kappa shape index (κ2) is 7.75. The van der Waals surface area contributed by atoms with E-state index in [1.807, 2.05) is 35.0 Å². The fourth-order valence-electron chi connectivity index (χ4n) is 2.91. The minimum Gasteiger partial charge on any atom is -0.251 e. The van der Waals surface area contributed by atoms with Crippen molar-refractivity contribution in [3.8, 4) is 11.3 Å².